The molecule has 4 rings (SSSR count). The summed E-state index contributed by atoms with van der Waals surface area (Å²) >= 11 is 1.15. The molecule has 3 aromatic rings. The van der Waals surface area contributed by atoms with Crippen molar-refractivity contribution in [3.63, 3.8) is 0 Å². The first kappa shape index (κ1) is 28.6. The summed E-state index contributed by atoms with van der Waals surface area (Å²) in [6.07, 6.45) is 1.61. The zero-order valence-electron chi connectivity index (χ0n) is 22.6. The molecule has 0 aliphatic carbocycles. The van der Waals surface area contributed by atoms with Gasteiger partial charge in [0.05, 0.1) is 41.7 Å². The largest absolute Gasteiger partial charge is 0.494 e. The summed E-state index contributed by atoms with van der Waals surface area (Å²) in [6, 6.07) is 11.5. The molecule has 0 unspecified atom stereocenters. The average Bonchev–Trinajstić information content (AvgIpc) is 3.22. The average molecular weight is 567 g/mol. The maximum absolute atomic E-state index is 13.9. The molecule has 0 radical (unpaired) electrons. The predicted molar refractivity (Wildman–Crippen MR) is 149 cm³/mol. The summed E-state index contributed by atoms with van der Waals surface area (Å²) in [4.78, 5) is 43.2. The van der Waals surface area contributed by atoms with Crippen molar-refractivity contribution in [3.8, 4) is 17.2 Å². The lowest BCUT2D eigenvalue weighted by Crippen LogP contribution is -2.39. The smallest absolute Gasteiger partial charge is 0.341 e. The molecule has 11 heteroatoms. The third-order valence-corrected chi connectivity index (χ3v) is 6.94. The molecule has 1 N–H and O–H groups in total. The van der Waals surface area contributed by atoms with Crippen LogP contribution in [-0.2, 0) is 14.3 Å². The van der Waals surface area contributed by atoms with Crippen molar-refractivity contribution in [1.29, 1.82) is 0 Å². The Morgan fingerprint density at radius 1 is 1.02 bits per heavy atom. The van der Waals surface area contributed by atoms with E-state index in [2.05, 4.69) is 4.99 Å². The Balaban J connectivity index is 1.91. The SMILES string of the molecule is CCOC(=O)C1=C(C)N=c2s/c(=C/c3cccc(OCC)c3OCC(=O)O)c(=O)n2[C@H]1c1ccc(OCC)cc1. The number of rotatable bonds is 11. The lowest BCUT2D eigenvalue weighted by atomic mass is 9.96. The Morgan fingerprint density at radius 3 is 2.40 bits per heavy atom. The van der Waals surface area contributed by atoms with E-state index in [1.165, 1.54) is 4.57 Å². The van der Waals surface area contributed by atoms with Gasteiger partial charge in [0.25, 0.3) is 5.56 Å². The van der Waals surface area contributed by atoms with Gasteiger partial charge in [-0.05, 0) is 57.5 Å². The van der Waals surface area contributed by atoms with E-state index < -0.39 is 24.6 Å². The van der Waals surface area contributed by atoms with Gasteiger partial charge in [0.1, 0.15) is 5.75 Å². The van der Waals surface area contributed by atoms with Crippen LogP contribution < -0.4 is 29.1 Å². The summed E-state index contributed by atoms with van der Waals surface area (Å²) in [5.41, 5.74) is 1.51. The van der Waals surface area contributed by atoms with Crippen LogP contribution in [0.2, 0.25) is 0 Å². The van der Waals surface area contributed by atoms with E-state index >= 15 is 0 Å². The zero-order chi connectivity index (χ0) is 28.8. The maximum atomic E-state index is 13.9. The van der Waals surface area contributed by atoms with Gasteiger partial charge in [-0.2, -0.15) is 0 Å². The molecule has 2 aromatic carbocycles. The number of ether oxygens (including phenoxy) is 4. The zero-order valence-corrected chi connectivity index (χ0v) is 23.4. The van der Waals surface area contributed by atoms with Crippen LogP contribution in [0.15, 0.2) is 63.5 Å². The van der Waals surface area contributed by atoms with E-state index in [0.29, 0.717) is 50.9 Å². The molecule has 0 saturated heterocycles. The summed E-state index contributed by atoms with van der Waals surface area (Å²) in [5, 5.41) is 9.16. The number of esters is 1. The Morgan fingerprint density at radius 2 is 1.75 bits per heavy atom. The number of carboxylic acids is 1. The minimum Gasteiger partial charge on any atom is -0.494 e. The highest BCUT2D eigenvalue weighted by atomic mass is 32.1. The summed E-state index contributed by atoms with van der Waals surface area (Å²) in [5.74, 6) is -0.457. The fourth-order valence-electron chi connectivity index (χ4n) is 4.37. The van der Waals surface area contributed by atoms with Crippen LogP contribution in [0.25, 0.3) is 6.08 Å². The van der Waals surface area contributed by atoms with Crippen LogP contribution in [0.4, 0.5) is 0 Å². The van der Waals surface area contributed by atoms with Crippen LogP contribution in [0.3, 0.4) is 0 Å². The molecule has 1 atom stereocenters. The number of aliphatic carboxylic acids is 1. The molecule has 0 saturated carbocycles. The Labute approximate surface area is 234 Å². The number of thiazole rings is 1. The number of carboxylic acid groups (broad SMARTS) is 1. The first-order valence-electron chi connectivity index (χ1n) is 12.8. The van der Waals surface area contributed by atoms with E-state index in [4.69, 9.17) is 24.1 Å². The molecular formula is C29H30N2O8S. The minimum absolute atomic E-state index is 0.172. The quantitative estimate of drug-likeness (QED) is 0.351. The molecular weight excluding hydrogens is 536 g/mol. The van der Waals surface area contributed by atoms with Crippen LogP contribution in [0, 0.1) is 0 Å². The predicted octanol–water partition coefficient (Wildman–Crippen LogP) is 3.06. The lowest BCUT2D eigenvalue weighted by molar-refractivity contribution is -0.140. The molecule has 210 valence electrons. The number of carbonyl (C=O) groups is 2. The van der Waals surface area contributed by atoms with Gasteiger partial charge in [0, 0.05) is 5.56 Å². The van der Waals surface area contributed by atoms with E-state index in [0.717, 1.165) is 11.3 Å². The number of benzene rings is 2. The second kappa shape index (κ2) is 12.6. The molecule has 40 heavy (non-hydrogen) atoms. The standard InChI is InChI=1S/C29H30N2O8S/c1-5-36-20-13-11-18(12-14-20)25-24(28(35)38-7-3)17(4)30-29-31(25)27(34)22(40-29)15-19-9-8-10-21(37-6-2)26(19)39-16-23(32)33/h8-15,25H,5-7,16H2,1-4H3,(H,32,33)/b22-15+/t25-/m0/s1. The molecule has 10 nitrogen and oxygen atoms in total. The van der Waals surface area contributed by atoms with Crippen molar-refractivity contribution in [1.82, 2.24) is 4.57 Å². The highest BCUT2D eigenvalue weighted by Crippen LogP contribution is 2.33. The molecule has 1 aliphatic rings. The fourth-order valence-corrected chi connectivity index (χ4v) is 5.40. The monoisotopic (exact) mass is 566 g/mol. The number of aromatic nitrogens is 1. The van der Waals surface area contributed by atoms with Crippen molar-refractivity contribution in [2.75, 3.05) is 26.4 Å². The van der Waals surface area contributed by atoms with Gasteiger partial charge >= 0.3 is 11.9 Å². The Bertz CT molecular complexity index is 1620. The normalized spacial score (nSPS) is 14.8. The molecule has 1 aliphatic heterocycles. The highest BCUT2D eigenvalue weighted by molar-refractivity contribution is 7.07. The third-order valence-electron chi connectivity index (χ3n) is 5.96. The van der Waals surface area contributed by atoms with Gasteiger partial charge in [-0.15, -0.1) is 0 Å². The molecule has 0 bridgehead atoms. The van der Waals surface area contributed by atoms with Crippen LogP contribution >= 0.6 is 11.3 Å². The fraction of sp³-hybridized carbons (Fsp3) is 0.310. The number of allylic oxidation sites excluding steroid dienone is 1. The van der Waals surface area contributed by atoms with Gasteiger partial charge < -0.3 is 24.1 Å². The van der Waals surface area contributed by atoms with Crippen molar-refractivity contribution < 1.29 is 33.6 Å². The van der Waals surface area contributed by atoms with Crippen LogP contribution in [0.1, 0.15) is 44.9 Å². The first-order chi connectivity index (χ1) is 19.3. The van der Waals surface area contributed by atoms with Crippen molar-refractivity contribution in [3.05, 3.63) is 84.5 Å². The van der Waals surface area contributed by atoms with E-state index in [9.17, 15) is 14.4 Å². The van der Waals surface area contributed by atoms with Gasteiger partial charge in [-0.3, -0.25) is 9.36 Å². The molecule has 0 spiro atoms. The van der Waals surface area contributed by atoms with E-state index in [-0.39, 0.29) is 23.5 Å². The number of hydrogen-bond acceptors (Lipinski definition) is 9. The van der Waals surface area contributed by atoms with Crippen molar-refractivity contribution in [2.45, 2.75) is 33.7 Å². The molecule has 0 amide bonds. The molecule has 2 heterocycles. The second-order valence-electron chi connectivity index (χ2n) is 8.59. The number of carbonyl (C=O) groups excluding carboxylic acids is 1. The number of para-hydroxylation sites is 1. The van der Waals surface area contributed by atoms with Gasteiger partial charge in [0.2, 0.25) is 0 Å². The first-order valence-corrected chi connectivity index (χ1v) is 13.6. The van der Waals surface area contributed by atoms with Crippen molar-refractivity contribution in [2.24, 2.45) is 4.99 Å². The summed E-state index contributed by atoms with van der Waals surface area (Å²) < 4.78 is 23.9. The summed E-state index contributed by atoms with van der Waals surface area (Å²) in [7, 11) is 0. The number of fused-ring (bicyclic) bond motifs is 1. The lowest BCUT2D eigenvalue weighted by Gasteiger charge is -2.24. The van der Waals surface area contributed by atoms with E-state index in [1.54, 1.807) is 57.2 Å². The Kier molecular flexibility index (Phi) is 9.05. The Hall–Kier alpha value is -4.38. The summed E-state index contributed by atoms with van der Waals surface area (Å²) in [6.45, 7) is 7.56. The second-order valence-corrected chi connectivity index (χ2v) is 9.60. The molecule has 1 aromatic heterocycles. The topological polar surface area (TPSA) is 126 Å². The van der Waals surface area contributed by atoms with Crippen molar-refractivity contribution >= 4 is 29.4 Å². The highest BCUT2D eigenvalue weighted by Gasteiger charge is 2.33. The minimum atomic E-state index is -1.14. The number of hydrogen-bond donors (Lipinski definition) is 1. The molecule has 0 fully saturated rings. The van der Waals surface area contributed by atoms with Gasteiger partial charge in [-0.1, -0.05) is 35.6 Å². The van der Waals surface area contributed by atoms with Gasteiger partial charge in [0.15, 0.2) is 22.9 Å². The van der Waals surface area contributed by atoms with Crippen LogP contribution in [0.5, 0.6) is 17.2 Å². The van der Waals surface area contributed by atoms with Gasteiger partial charge in [-0.25, -0.2) is 14.6 Å². The maximum Gasteiger partial charge on any atom is 0.341 e. The number of nitrogens with zero attached hydrogens (tertiary/aromatic N) is 2. The van der Waals surface area contributed by atoms with E-state index in [1.807, 2.05) is 19.1 Å². The third kappa shape index (κ3) is 5.94. The van der Waals surface area contributed by atoms with Crippen LogP contribution in [-0.4, -0.2) is 48.0 Å².